The zero-order valence-corrected chi connectivity index (χ0v) is 9.85. The normalized spacial score (nSPS) is 19.4. The number of hydrogen-bond acceptors (Lipinski definition) is 7. The minimum atomic E-state index is -0.267. The van der Waals surface area contributed by atoms with Gasteiger partial charge in [0.15, 0.2) is 11.5 Å². The quantitative estimate of drug-likeness (QED) is 0.672. The van der Waals surface area contributed by atoms with Crippen molar-refractivity contribution in [3.8, 4) is 0 Å². The van der Waals surface area contributed by atoms with Crippen molar-refractivity contribution in [2.24, 2.45) is 0 Å². The number of rotatable bonds is 2. The van der Waals surface area contributed by atoms with E-state index in [0.29, 0.717) is 11.5 Å². The lowest BCUT2D eigenvalue weighted by Crippen LogP contribution is -2.37. The number of nitrogens with zero attached hydrogens (tertiary/aromatic N) is 6. The summed E-state index contributed by atoms with van der Waals surface area (Å²) >= 11 is 0. The van der Waals surface area contributed by atoms with Gasteiger partial charge >= 0.3 is 5.97 Å². The van der Waals surface area contributed by atoms with Crippen LogP contribution in [-0.2, 0) is 9.53 Å². The highest BCUT2D eigenvalue weighted by Gasteiger charge is 2.32. The molecule has 0 amide bonds. The van der Waals surface area contributed by atoms with E-state index in [9.17, 15) is 4.79 Å². The molecule has 0 bridgehead atoms. The second-order valence-corrected chi connectivity index (χ2v) is 4.09. The molecule has 0 aromatic carbocycles. The summed E-state index contributed by atoms with van der Waals surface area (Å²) in [5, 5.41) is 15.3. The van der Waals surface area contributed by atoms with Crippen molar-refractivity contribution >= 4 is 17.4 Å². The average molecular weight is 248 g/mol. The Kier molecular flexibility index (Phi) is 2.54. The molecule has 1 unspecified atom stereocenters. The topological polar surface area (TPSA) is 85.5 Å². The number of esters is 1. The van der Waals surface area contributed by atoms with Crippen molar-refractivity contribution < 1.29 is 9.53 Å². The third kappa shape index (κ3) is 1.66. The van der Waals surface area contributed by atoms with Crippen LogP contribution >= 0.6 is 0 Å². The molecule has 18 heavy (non-hydrogen) atoms. The van der Waals surface area contributed by atoms with E-state index < -0.39 is 0 Å². The standard InChI is InChI=1S/C10H12N6O2/c1-18-10(17)7-3-2-6-15(7)9-5-4-8-11-13-14-16(8)12-9/h4-5,7H,2-3,6H2,1H3. The zero-order valence-electron chi connectivity index (χ0n) is 9.85. The highest BCUT2D eigenvalue weighted by atomic mass is 16.5. The van der Waals surface area contributed by atoms with Crippen LogP contribution in [0, 0.1) is 0 Å². The first-order valence-electron chi connectivity index (χ1n) is 5.69. The van der Waals surface area contributed by atoms with Crippen LogP contribution < -0.4 is 4.90 Å². The Labute approximate surface area is 103 Å². The molecule has 0 aliphatic carbocycles. The Morgan fingerprint density at radius 3 is 3.22 bits per heavy atom. The van der Waals surface area contributed by atoms with E-state index in [0.717, 1.165) is 19.4 Å². The fourth-order valence-electron chi connectivity index (χ4n) is 2.22. The first-order chi connectivity index (χ1) is 8.79. The maximum absolute atomic E-state index is 11.7. The van der Waals surface area contributed by atoms with Gasteiger partial charge in [0.05, 0.1) is 7.11 Å². The number of carbonyl (C=O) groups is 1. The van der Waals surface area contributed by atoms with Gasteiger partial charge in [-0.25, -0.2) is 4.79 Å². The van der Waals surface area contributed by atoms with Crippen LogP contribution in [0.25, 0.3) is 5.65 Å². The Hall–Kier alpha value is -2.25. The van der Waals surface area contributed by atoms with Crippen molar-refractivity contribution in [3.05, 3.63) is 12.1 Å². The predicted molar refractivity (Wildman–Crippen MR) is 61.0 cm³/mol. The molecule has 2 aromatic heterocycles. The number of ether oxygens (including phenoxy) is 1. The van der Waals surface area contributed by atoms with Crippen molar-refractivity contribution in [1.82, 2.24) is 25.3 Å². The van der Waals surface area contributed by atoms with E-state index in [1.54, 1.807) is 6.07 Å². The Morgan fingerprint density at radius 1 is 1.50 bits per heavy atom. The van der Waals surface area contributed by atoms with Gasteiger partial charge < -0.3 is 9.64 Å². The number of aromatic nitrogens is 5. The van der Waals surface area contributed by atoms with Gasteiger partial charge in [-0.2, -0.15) is 0 Å². The van der Waals surface area contributed by atoms with Crippen LogP contribution in [0.3, 0.4) is 0 Å². The first kappa shape index (κ1) is 10.9. The highest BCUT2D eigenvalue weighted by Crippen LogP contribution is 2.24. The van der Waals surface area contributed by atoms with Gasteiger partial charge in [0, 0.05) is 6.54 Å². The molecular formula is C10H12N6O2. The monoisotopic (exact) mass is 248 g/mol. The van der Waals surface area contributed by atoms with Crippen LogP contribution in [0.5, 0.6) is 0 Å². The number of hydrogen-bond donors (Lipinski definition) is 0. The Morgan fingerprint density at radius 2 is 2.39 bits per heavy atom. The van der Waals surface area contributed by atoms with Gasteiger partial charge in [0.2, 0.25) is 0 Å². The van der Waals surface area contributed by atoms with Crippen molar-refractivity contribution in [2.45, 2.75) is 18.9 Å². The van der Waals surface area contributed by atoms with Crippen LogP contribution in [0.1, 0.15) is 12.8 Å². The SMILES string of the molecule is COC(=O)C1CCCN1c1ccc2nnnn2n1. The van der Waals surface area contributed by atoms with Gasteiger partial charge in [0.25, 0.3) is 0 Å². The summed E-state index contributed by atoms with van der Waals surface area (Å²) in [6.07, 6.45) is 1.72. The van der Waals surface area contributed by atoms with E-state index >= 15 is 0 Å². The molecule has 0 radical (unpaired) electrons. The van der Waals surface area contributed by atoms with E-state index in [-0.39, 0.29) is 12.0 Å². The molecule has 1 saturated heterocycles. The van der Waals surface area contributed by atoms with Gasteiger partial charge in [0.1, 0.15) is 6.04 Å². The molecule has 8 heteroatoms. The van der Waals surface area contributed by atoms with E-state index in [1.807, 2.05) is 11.0 Å². The number of methoxy groups -OCH3 is 1. The predicted octanol–water partition coefficient (Wildman–Crippen LogP) is -0.339. The van der Waals surface area contributed by atoms with E-state index in [4.69, 9.17) is 4.74 Å². The second-order valence-electron chi connectivity index (χ2n) is 4.09. The lowest BCUT2D eigenvalue weighted by molar-refractivity contribution is -0.141. The van der Waals surface area contributed by atoms with Gasteiger partial charge in [-0.1, -0.05) is 0 Å². The first-order valence-corrected chi connectivity index (χ1v) is 5.69. The van der Waals surface area contributed by atoms with E-state index in [1.165, 1.54) is 11.7 Å². The van der Waals surface area contributed by atoms with Crippen LogP contribution in [0.15, 0.2) is 12.1 Å². The summed E-state index contributed by atoms with van der Waals surface area (Å²) in [6, 6.07) is 3.32. The molecule has 2 aromatic rings. The largest absolute Gasteiger partial charge is 0.467 e. The van der Waals surface area contributed by atoms with Crippen LogP contribution in [0.4, 0.5) is 5.82 Å². The Bertz CT molecular complexity index is 583. The summed E-state index contributed by atoms with van der Waals surface area (Å²) in [5.74, 6) is 0.453. The molecule has 94 valence electrons. The molecule has 1 aliphatic rings. The Balaban J connectivity index is 1.95. The molecule has 1 aliphatic heterocycles. The molecule has 1 fully saturated rings. The molecule has 0 N–H and O–H groups in total. The average Bonchev–Trinajstić information content (AvgIpc) is 3.05. The molecule has 3 rings (SSSR count). The molecule has 1 atom stereocenters. The lowest BCUT2D eigenvalue weighted by atomic mass is 10.2. The molecular weight excluding hydrogens is 236 g/mol. The number of tetrazole rings is 1. The van der Waals surface area contributed by atoms with Crippen molar-refractivity contribution in [3.63, 3.8) is 0 Å². The summed E-state index contributed by atoms with van der Waals surface area (Å²) in [6.45, 7) is 0.778. The summed E-state index contributed by atoms with van der Waals surface area (Å²) in [5.41, 5.74) is 0.576. The highest BCUT2D eigenvalue weighted by molar-refractivity contribution is 5.80. The summed E-state index contributed by atoms with van der Waals surface area (Å²) in [7, 11) is 1.40. The van der Waals surface area contributed by atoms with Gasteiger partial charge in [-0.15, -0.1) is 14.8 Å². The van der Waals surface area contributed by atoms with Gasteiger partial charge in [-0.3, -0.25) is 0 Å². The third-order valence-electron chi connectivity index (χ3n) is 3.08. The number of fused-ring (bicyclic) bond motifs is 1. The number of anilines is 1. The molecule has 8 nitrogen and oxygen atoms in total. The lowest BCUT2D eigenvalue weighted by Gasteiger charge is -2.22. The van der Waals surface area contributed by atoms with Gasteiger partial charge in [-0.05, 0) is 35.4 Å². The molecule has 0 saturated carbocycles. The maximum atomic E-state index is 11.7. The molecule has 3 heterocycles. The van der Waals surface area contributed by atoms with Crippen LogP contribution in [0.2, 0.25) is 0 Å². The minimum Gasteiger partial charge on any atom is -0.467 e. The maximum Gasteiger partial charge on any atom is 0.328 e. The summed E-state index contributed by atoms with van der Waals surface area (Å²) < 4.78 is 6.15. The van der Waals surface area contributed by atoms with Crippen molar-refractivity contribution in [1.29, 1.82) is 0 Å². The summed E-state index contributed by atoms with van der Waals surface area (Å²) in [4.78, 5) is 13.6. The third-order valence-corrected chi connectivity index (χ3v) is 3.08. The fourth-order valence-corrected chi connectivity index (χ4v) is 2.22. The second kappa shape index (κ2) is 4.21. The van der Waals surface area contributed by atoms with Crippen molar-refractivity contribution in [2.75, 3.05) is 18.6 Å². The smallest absolute Gasteiger partial charge is 0.328 e. The molecule has 0 spiro atoms. The minimum absolute atomic E-state index is 0.230. The van der Waals surface area contributed by atoms with E-state index in [2.05, 4.69) is 20.6 Å². The van der Waals surface area contributed by atoms with Crippen LogP contribution in [-0.4, -0.2) is 50.9 Å². The fraction of sp³-hybridized carbons (Fsp3) is 0.500. The number of carbonyl (C=O) groups excluding carboxylic acids is 1. The zero-order chi connectivity index (χ0) is 12.5.